The second kappa shape index (κ2) is 6.69. The fraction of sp³-hybridized carbons (Fsp3) is 0.357. The summed E-state index contributed by atoms with van der Waals surface area (Å²) in [4.78, 5) is 10.6. The van der Waals surface area contributed by atoms with Crippen molar-refractivity contribution in [3.05, 3.63) is 29.8 Å². The van der Waals surface area contributed by atoms with E-state index in [9.17, 15) is 4.79 Å². The van der Waals surface area contributed by atoms with Crippen molar-refractivity contribution in [2.24, 2.45) is 0 Å². The number of benzene rings is 1. The lowest BCUT2D eigenvalue weighted by Crippen LogP contribution is -2.16. The SMILES string of the molecule is C/C=C/c1ccc(O[C@@H](C)CC(=O)O)c(OC)c1. The average Bonchev–Trinajstić information content (AvgIpc) is 2.30. The highest BCUT2D eigenvalue weighted by atomic mass is 16.5. The van der Waals surface area contributed by atoms with Gasteiger partial charge in [-0.15, -0.1) is 0 Å². The van der Waals surface area contributed by atoms with E-state index in [4.69, 9.17) is 14.6 Å². The van der Waals surface area contributed by atoms with Gasteiger partial charge in [0.2, 0.25) is 0 Å². The van der Waals surface area contributed by atoms with Gasteiger partial charge in [0, 0.05) is 0 Å². The first-order chi connectivity index (χ1) is 8.56. The highest BCUT2D eigenvalue weighted by molar-refractivity contribution is 5.67. The van der Waals surface area contributed by atoms with E-state index in [-0.39, 0.29) is 6.42 Å². The Morgan fingerprint density at radius 1 is 1.44 bits per heavy atom. The smallest absolute Gasteiger partial charge is 0.307 e. The Hall–Kier alpha value is -1.97. The van der Waals surface area contributed by atoms with Gasteiger partial charge in [0.25, 0.3) is 0 Å². The van der Waals surface area contributed by atoms with Crippen molar-refractivity contribution < 1.29 is 19.4 Å². The molecule has 0 aliphatic heterocycles. The van der Waals surface area contributed by atoms with E-state index in [0.29, 0.717) is 11.5 Å². The van der Waals surface area contributed by atoms with Crippen molar-refractivity contribution in [2.45, 2.75) is 26.4 Å². The predicted octanol–water partition coefficient (Wildman–Crippen LogP) is 2.97. The molecule has 1 rings (SSSR count). The minimum Gasteiger partial charge on any atom is -0.493 e. The Balaban J connectivity index is 2.85. The van der Waals surface area contributed by atoms with Crippen molar-refractivity contribution in [1.82, 2.24) is 0 Å². The minimum absolute atomic E-state index is 0.0419. The number of allylic oxidation sites excluding steroid dienone is 1. The summed E-state index contributed by atoms with van der Waals surface area (Å²) in [5.74, 6) is 0.273. The summed E-state index contributed by atoms with van der Waals surface area (Å²) in [6, 6.07) is 5.53. The number of carboxylic acid groups (broad SMARTS) is 1. The Bertz CT molecular complexity index is 437. The molecule has 4 heteroatoms. The summed E-state index contributed by atoms with van der Waals surface area (Å²) in [5.41, 5.74) is 1.01. The van der Waals surface area contributed by atoms with Crippen LogP contribution in [0.2, 0.25) is 0 Å². The van der Waals surface area contributed by atoms with Crippen LogP contribution in [-0.2, 0) is 4.79 Å². The molecule has 0 aliphatic rings. The Kier molecular flexibility index (Phi) is 5.24. The topological polar surface area (TPSA) is 55.8 Å². The molecular weight excluding hydrogens is 232 g/mol. The molecule has 0 saturated carbocycles. The van der Waals surface area contributed by atoms with Crippen molar-refractivity contribution in [1.29, 1.82) is 0 Å². The van der Waals surface area contributed by atoms with E-state index in [1.165, 1.54) is 0 Å². The van der Waals surface area contributed by atoms with E-state index >= 15 is 0 Å². The van der Waals surface area contributed by atoms with Gasteiger partial charge in [-0.3, -0.25) is 4.79 Å². The Morgan fingerprint density at radius 2 is 2.17 bits per heavy atom. The summed E-state index contributed by atoms with van der Waals surface area (Å²) in [5, 5.41) is 8.68. The highest BCUT2D eigenvalue weighted by Crippen LogP contribution is 2.29. The van der Waals surface area contributed by atoms with Gasteiger partial charge in [-0.05, 0) is 31.5 Å². The van der Waals surface area contributed by atoms with Gasteiger partial charge in [0.05, 0.1) is 13.5 Å². The first-order valence-corrected chi connectivity index (χ1v) is 5.76. The van der Waals surface area contributed by atoms with Crippen molar-refractivity contribution >= 4 is 12.0 Å². The maximum atomic E-state index is 10.6. The molecular formula is C14H18O4. The van der Waals surface area contributed by atoms with Crippen LogP contribution < -0.4 is 9.47 Å². The average molecular weight is 250 g/mol. The summed E-state index contributed by atoms with van der Waals surface area (Å²) in [7, 11) is 1.56. The molecule has 0 saturated heterocycles. The number of aliphatic carboxylic acids is 1. The zero-order valence-electron chi connectivity index (χ0n) is 10.8. The number of hydrogen-bond acceptors (Lipinski definition) is 3. The molecule has 0 unspecified atom stereocenters. The summed E-state index contributed by atoms with van der Waals surface area (Å²) >= 11 is 0. The quantitative estimate of drug-likeness (QED) is 0.843. The molecule has 1 N–H and O–H groups in total. The summed E-state index contributed by atoms with van der Waals surface area (Å²) < 4.78 is 10.8. The van der Waals surface area contributed by atoms with Gasteiger partial charge in [-0.1, -0.05) is 18.2 Å². The zero-order chi connectivity index (χ0) is 13.5. The third kappa shape index (κ3) is 4.13. The Labute approximate surface area is 107 Å². The first kappa shape index (κ1) is 14.1. The van der Waals surface area contributed by atoms with Gasteiger partial charge in [-0.2, -0.15) is 0 Å². The number of carboxylic acids is 1. The van der Waals surface area contributed by atoms with Crippen LogP contribution in [-0.4, -0.2) is 24.3 Å². The number of methoxy groups -OCH3 is 1. The van der Waals surface area contributed by atoms with E-state index in [1.807, 2.05) is 31.2 Å². The fourth-order valence-corrected chi connectivity index (χ4v) is 1.58. The number of carbonyl (C=O) groups is 1. The Morgan fingerprint density at radius 3 is 2.72 bits per heavy atom. The molecule has 0 amide bonds. The molecule has 0 spiro atoms. The van der Waals surface area contributed by atoms with Crippen LogP contribution >= 0.6 is 0 Å². The second-order valence-corrected chi connectivity index (χ2v) is 3.94. The lowest BCUT2D eigenvalue weighted by atomic mass is 10.2. The molecule has 0 radical (unpaired) electrons. The van der Waals surface area contributed by atoms with E-state index in [1.54, 1.807) is 20.1 Å². The summed E-state index contributed by atoms with van der Waals surface area (Å²) in [6.07, 6.45) is 3.44. The third-order valence-electron chi connectivity index (χ3n) is 2.34. The fourth-order valence-electron chi connectivity index (χ4n) is 1.58. The maximum Gasteiger partial charge on any atom is 0.307 e. The number of hydrogen-bond donors (Lipinski definition) is 1. The van der Waals surface area contributed by atoms with Crippen molar-refractivity contribution in [2.75, 3.05) is 7.11 Å². The molecule has 0 bridgehead atoms. The lowest BCUT2D eigenvalue weighted by Gasteiger charge is -2.15. The van der Waals surface area contributed by atoms with E-state index in [0.717, 1.165) is 5.56 Å². The standard InChI is InChI=1S/C14H18O4/c1-4-5-11-6-7-12(13(9-11)17-3)18-10(2)8-14(15)16/h4-7,9-10H,8H2,1-3H3,(H,15,16)/b5-4+/t10-/m0/s1. The monoisotopic (exact) mass is 250 g/mol. The lowest BCUT2D eigenvalue weighted by molar-refractivity contribution is -0.138. The van der Waals surface area contributed by atoms with Crippen LogP contribution in [0.5, 0.6) is 11.5 Å². The van der Waals surface area contributed by atoms with Crippen LogP contribution in [0.3, 0.4) is 0 Å². The molecule has 1 aromatic rings. The molecule has 98 valence electrons. The van der Waals surface area contributed by atoms with Crippen LogP contribution in [0.1, 0.15) is 25.8 Å². The van der Waals surface area contributed by atoms with Gasteiger partial charge >= 0.3 is 5.97 Å². The molecule has 1 aromatic carbocycles. The second-order valence-electron chi connectivity index (χ2n) is 3.94. The number of rotatable bonds is 6. The minimum atomic E-state index is -0.882. The normalized spacial score (nSPS) is 12.4. The van der Waals surface area contributed by atoms with Crippen LogP contribution in [0.4, 0.5) is 0 Å². The van der Waals surface area contributed by atoms with Crippen molar-refractivity contribution in [3.8, 4) is 11.5 Å². The maximum absolute atomic E-state index is 10.6. The van der Waals surface area contributed by atoms with E-state index in [2.05, 4.69) is 0 Å². The van der Waals surface area contributed by atoms with Crippen LogP contribution in [0.15, 0.2) is 24.3 Å². The van der Waals surface area contributed by atoms with Gasteiger partial charge in [-0.25, -0.2) is 0 Å². The zero-order valence-corrected chi connectivity index (χ0v) is 10.8. The molecule has 0 heterocycles. The molecule has 0 aromatic heterocycles. The molecule has 0 aliphatic carbocycles. The van der Waals surface area contributed by atoms with Crippen molar-refractivity contribution in [3.63, 3.8) is 0 Å². The molecule has 18 heavy (non-hydrogen) atoms. The summed E-state index contributed by atoms with van der Waals surface area (Å²) in [6.45, 7) is 3.65. The third-order valence-corrected chi connectivity index (χ3v) is 2.34. The van der Waals surface area contributed by atoms with Crippen LogP contribution in [0.25, 0.3) is 6.08 Å². The van der Waals surface area contributed by atoms with Crippen LogP contribution in [0, 0.1) is 0 Å². The predicted molar refractivity (Wildman–Crippen MR) is 70.0 cm³/mol. The van der Waals surface area contributed by atoms with Gasteiger partial charge in [0.15, 0.2) is 11.5 Å². The molecule has 4 nitrogen and oxygen atoms in total. The number of ether oxygens (including phenoxy) is 2. The largest absolute Gasteiger partial charge is 0.493 e. The highest BCUT2D eigenvalue weighted by Gasteiger charge is 2.12. The first-order valence-electron chi connectivity index (χ1n) is 5.76. The van der Waals surface area contributed by atoms with E-state index < -0.39 is 12.1 Å². The molecule has 0 fully saturated rings. The molecule has 1 atom stereocenters. The van der Waals surface area contributed by atoms with Gasteiger partial charge in [0.1, 0.15) is 6.10 Å². The van der Waals surface area contributed by atoms with Gasteiger partial charge < -0.3 is 14.6 Å².